The molecule has 0 bridgehead atoms. The fourth-order valence-electron chi connectivity index (χ4n) is 4.40. The molecule has 2 aliphatic heterocycles. The number of ether oxygens (including phenoxy) is 1. The highest BCUT2D eigenvalue weighted by Gasteiger charge is 2.32. The Labute approximate surface area is 167 Å². The molecule has 0 radical (unpaired) electrons. The summed E-state index contributed by atoms with van der Waals surface area (Å²) < 4.78 is 33.1. The van der Waals surface area contributed by atoms with Gasteiger partial charge in [0.1, 0.15) is 0 Å². The van der Waals surface area contributed by atoms with Crippen LogP contribution in [0, 0.1) is 0 Å². The molecule has 3 aliphatic rings. The summed E-state index contributed by atoms with van der Waals surface area (Å²) >= 11 is 0. The number of fused-ring (bicyclic) bond motifs is 1. The molecule has 1 atom stereocenters. The van der Waals surface area contributed by atoms with Crippen molar-refractivity contribution in [1.82, 2.24) is 9.62 Å². The zero-order chi connectivity index (χ0) is 19.6. The van der Waals surface area contributed by atoms with Gasteiger partial charge in [-0.05, 0) is 55.4 Å². The molecule has 1 aromatic carbocycles. The van der Waals surface area contributed by atoms with Gasteiger partial charge in [0, 0.05) is 13.2 Å². The monoisotopic (exact) mass is 408 g/mol. The Balaban J connectivity index is 1.28. The molecule has 0 saturated carbocycles. The first-order chi connectivity index (χ1) is 13.5. The Hall–Kier alpha value is -1.48. The van der Waals surface area contributed by atoms with Crippen LogP contribution in [0.25, 0.3) is 0 Å². The molecule has 1 aromatic rings. The summed E-state index contributed by atoms with van der Waals surface area (Å²) in [6, 6.07) is 5.57. The number of amides is 1. The van der Waals surface area contributed by atoms with E-state index in [4.69, 9.17) is 4.74 Å². The third-order valence-corrected chi connectivity index (χ3v) is 7.99. The Kier molecular flexibility index (Phi) is 6.01. The van der Waals surface area contributed by atoms with E-state index in [-0.39, 0.29) is 12.0 Å². The first-order valence-corrected chi connectivity index (χ1v) is 11.8. The van der Waals surface area contributed by atoms with Crippen LogP contribution >= 0.6 is 0 Å². The summed E-state index contributed by atoms with van der Waals surface area (Å²) in [6.45, 7) is 3.95. The Morgan fingerprint density at radius 1 is 1.18 bits per heavy atom. The number of benzene rings is 1. The number of carbonyl (C=O) groups is 1. The zero-order valence-corrected chi connectivity index (χ0v) is 17.1. The number of carbonyl (C=O) groups excluding carboxylic acids is 1. The van der Waals surface area contributed by atoms with Crippen LogP contribution in [0.1, 0.15) is 30.4 Å². The van der Waals surface area contributed by atoms with E-state index >= 15 is 0 Å². The lowest BCUT2D eigenvalue weighted by Gasteiger charge is -2.31. The molecule has 7 nitrogen and oxygen atoms in total. The van der Waals surface area contributed by atoms with Crippen LogP contribution in [0.15, 0.2) is 23.1 Å². The van der Waals surface area contributed by atoms with Crippen LogP contribution in [-0.2, 0) is 32.4 Å². The molecule has 8 heteroatoms. The Bertz CT molecular complexity index is 813. The van der Waals surface area contributed by atoms with Crippen molar-refractivity contribution in [3.8, 4) is 0 Å². The van der Waals surface area contributed by atoms with Crippen molar-refractivity contribution in [2.45, 2.75) is 43.1 Å². The van der Waals surface area contributed by atoms with Gasteiger partial charge in [0.05, 0.1) is 37.2 Å². The topological polar surface area (TPSA) is 80.2 Å². The van der Waals surface area contributed by atoms with Crippen molar-refractivity contribution in [2.75, 3.05) is 45.9 Å². The van der Waals surface area contributed by atoms with E-state index in [0.717, 1.165) is 43.6 Å². The lowest BCUT2D eigenvalue weighted by Crippen LogP contribution is -3.15. The first-order valence-electron chi connectivity index (χ1n) is 10.4. The minimum Gasteiger partial charge on any atom is -0.376 e. The lowest BCUT2D eigenvalue weighted by atomic mass is 10.1. The third kappa shape index (κ3) is 4.40. The summed E-state index contributed by atoms with van der Waals surface area (Å²) in [5.74, 6) is 0.0143. The molecule has 1 aliphatic carbocycles. The molecule has 4 rings (SSSR count). The fraction of sp³-hybridized carbons (Fsp3) is 0.650. The van der Waals surface area contributed by atoms with E-state index in [1.54, 1.807) is 10.4 Å². The van der Waals surface area contributed by atoms with Gasteiger partial charge in [-0.25, -0.2) is 8.42 Å². The van der Waals surface area contributed by atoms with Crippen LogP contribution in [0.5, 0.6) is 0 Å². The minimum absolute atomic E-state index is 0.0143. The molecular weight excluding hydrogens is 378 g/mol. The van der Waals surface area contributed by atoms with Crippen LogP contribution in [0.2, 0.25) is 0 Å². The van der Waals surface area contributed by atoms with Crippen molar-refractivity contribution >= 4 is 15.9 Å². The maximum absolute atomic E-state index is 13.0. The summed E-state index contributed by atoms with van der Waals surface area (Å²) in [7, 11) is -3.45. The van der Waals surface area contributed by atoms with Gasteiger partial charge in [-0.1, -0.05) is 6.07 Å². The molecule has 2 fully saturated rings. The molecule has 0 spiro atoms. The lowest BCUT2D eigenvalue weighted by molar-refractivity contribution is -0.895. The minimum atomic E-state index is -3.45. The van der Waals surface area contributed by atoms with Crippen LogP contribution in [0.3, 0.4) is 0 Å². The highest BCUT2D eigenvalue weighted by atomic mass is 32.2. The smallest absolute Gasteiger partial charge is 0.275 e. The Morgan fingerprint density at radius 3 is 2.71 bits per heavy atom. The zero-order valence-electron chi connectivity index (χ0n) is 16.3. The number of nitrogens with zero attached hydrogens (tertiary/aromatic N) is 1. The second kappa shape index (κ2) is 8.49. The van der Waals surface area contributed by atoms with Crippen molar-refractivity contribution in [3.63, 3.8) is 0 Å². The average Bonchev–Trinajstić information content (AvgIpc) is 3.38. The summed E-state index contributed by atoms with van der Waals surface area (Å²) in [6.07, 6.45) is 5.34. The maximum atomic E-state index is 13.0. The fourth-order valence-corrected chi connectivity index (χ4v) is 5.89. The molecule has 1 amide bonds. The summed E-state index contributed by atoms with van der Waals surface area (Å²) in [5, 5.41) is 2.95. The van der Waals surface area contributed by atoms with Crippen molar-refractivity contribution in [3.05, 3.63) is 29.3 Å². The quantitative estimate of drug-likeness (QED) is 0.656. The van der Waals surface area contributed by atoms with Crippen LogP contribution in [0.4, 0.5) is 0 Å². The van der Waals surface area contributed by atoms with Crippen molar-refractivity contribution in [2.24, 2.45) is 0 Å². The van der Waals surface area contributed by atoms with E-state index < -0.39 is 10.0 Å². The molecular formula is C20H30N3O4S+. The second-order valence-corrected chi connectivity index (χ2v) is 9.99. The number of aryl methyl sites for hydroxylation is 2. The largest absolute Gasteiger partial charge is 0.376 e. The van der Waals surface area contributed by atoms with Gasteiger partial charge in [0.2, 0.25) is 10.0 Å². The van der Waals surface area contributed by atoms with Crippen LogP contribution < -0.4 is 10.2 Å². The molecule has 2 N–H and O–H groups in total. The van der Waals surface area contributed by atoms with E-state index in [2.05, 4.69) is 5.32 Å². The summed E-state index contributed by atoms with van der Waals surface area (Å²) in [4.78, 5) is 13.7. The number of hydrogen-bond acceptors (Lipinski definition) is 4. The van der Waals surface area contributed by atoms with E-state index in [1.807, 2.05) is 12.1 Å². The molecule has 0 aromatic heterocycles. The molecule has 28 heavy (non-hydrogen) atoms. The first kappa shape index (κ1) is 19.8. The maximum Gasteiger partial charge on any atom is 0.275 e. The van der Waals surface area contributed by atoms with E-state index in [1.165, 1.54) is 11.1 Å². The van der Waals surface area contributed by atoms with E-state index in [9.17, 15) is 13.2 Å². The highest BCUT2D eigenvalue weighted by Crippen LogP contribution is 2.26. The van der Waals surface area contributed by atoms with E-state index in [0.29, 0.717) is 44.2 Å². The number of rotatable bonds is 6. The van der Waals surface area contributed by atoms with Crippen molar-refractivity contribution < 1.29 is 22.8 Å². The highest BCUT2D eigenvalue weighted by molar-refractivity contribution is 7.89. The molecule has 2 saturated heterocycles. The van der Waals surface area contributed by atoms with Crippen molar-refractivity contribution in [1.29, 1.82) is 0 Å². The number of hydrogen-bond donors (Lipinski definition) is 2. The number of quaternary nitrogens is 1. The van der Waals surface area contributed by atoms with Gasteiger partial charge in [0.15, 0.2) is 6.54 Å². The average molecular weight is 409 g/mol. The number of piperazine rings is 1. The van der Waals surface area contributed by atoms with Gasteiger partial charge in [-0.15, -0.1) is 0 Å². The third-order valence-electron chi connectivity index (χ3n) is 6.10. The SMILES string of the molecule is O=C(C[NH+]1CCN(S(=O)(=O)c2ccc3c(c2)CCC3)CC1)NC[C@H]1CCCO1. The van der Waals surface area contributed by atoms with Gasteiger partial charge in [-0.3, -0.25) is 4.79 Å². The standard InChI is InChI=1S/C20H29N3O4S/c24-20(21-14-18-5-2-12-27-18)15-22-8-10-23(11-9-22)28(25,26)19-7-6-16-3-1-4-17(16)13-19/h6-7,13,18H,1-5,8-12,14-15H2,(H,21,24)/p+1/t18-/m1/s1. The predicted octanol–water partition coefficient (Wildman–Crippen LogP) is -0.640. The second-order valence-electron chi connectivity index (χ2n) is 8.05. The summed E-state index contributed by atoms with van der Waals surface area (Å²) in [5.41, 5.74) is 2.45. The molecule has 154 valence electrons. The Morgan fingerprint density at radius 2 is 1.96 bits per heavy atom. The number of nitrogens with one attached hydrogen (secondary N) is 2. The van der Waals surface area contributed by atoms with Gasteiger partial charge >= 0.3 is 0 Å². The predicted molar refractivity (Wildman–Crippen MR) is 105 cm³/mol. The van der Waals surface area contributed by atoms with Gasteiger partial charge < -0.3 is 15.0 Å². The van der Waals surface area contributed by atoms with Crippen LogP contribution in [-0.4, -0.2) is 70.6 Å². The molecule has 2 heterocycles. The number of sulfonamides is 1. The van der Waals surface area contributed by atoms with Gasteiger partial charge in [-0.2, -0.15) is 4.31 Å². The molecule has 0 unspecified atom stereocenters. The van der Waals surface area contributed by atoms with Gasteiger partial charge in [0.25, 0.3) is 5.91 Å². The normalized spacial score (nSPS) is 23.6.